The third-order valence-corrected chi connectivity index (χ3v) is 3.41. The summed E-state index contributed by atoms with van der Waals surface area (Å²) in [5.74, 6) is 0.120. The molecule has 1 heterocycles. The molecule has 1 aromatic carbocycles. The Morgan fingerprint density at radius 1 is 1.32 bits per heavy atom. The maximum Gasteiger partial charge on any atom is 0.410 e. The third-order valence-electron chi connectivity index (χ3n) is 3.41. The zero-order valence-corrected chi connectivity index (χ0v) is 11.2. The Bertz CT molecular complexity index is 444. The van der Waals surface area contributed by atoms with Crippen LogP contribution in [-0.4, -0.2) is 29.4 Å². The molecular formula is C15H19NO3. The van der Waals surface area contributed by atoms with Crippen molar-refractivity contribution in [3.8, 4) is 0 Å². The van der Waals surface area contributed by atoms with Gasteiger partial charge in [0.15, 0.2) is 5.78 Å². The molecule has 1 aromatic rings. The molecule has 2 rings (SSSR count). The highest BCUT2D eigenvalue weighted by Crippen LogP contribution is 2.20. The zero-order chi connectivity index (χ0) is 13.7. The minimum absolute atomic E-state index is 0.120. The van der Waals surface area contributed by atoms with E-state index in [1.54, 1.807) is 4.90 Å². The minimum Gasteiger partial charge on any atom is -0.445 e. The van der Waals surface area contributed by atoms with E-state index >= 15 is 0 Å². The van der Waals surface area contributed by atoms with Gasteiger partial charge in [0, 0.05) is 13.0 Å². The van der Waals surface area contributed by atoms with Crippen LogP contribution in [0.3, 0.4) is 0 Å². The average molecular weight is 261 g/mol. The van der Waals surface area contributed by atoms with Crippen molar-refractivity contribution in [2.75, 3.05) is 6.54 Å². The van der Waals surface area contributed by atoms with Gasteiger partial charge in [0.1, 0.15) is 6.61 Å². The number of amides is 1. The smallest absolute Gasteiger partial charge is 0.410 e. The minimum atomic E-state index is -0.381. The van der Waals surface area contributed by atoms with E-state index in [-0.39, 0.29) is 24.5 Å². The second-order valence-electron chi connectivity index (χ2n) is 4.71. The van der Waals surface area contributed by atoms with Gasteiger partial charge in [0.25, 0.3) is 0 Å². The first-order chi connectivity index (χ1) is 9.22. The van der Waals surface area contributed by atoms with E-state index in [0.717, 1.165) is 18.4 Å². The van der Waals surface area contributed by atoms with E-state index < -0.39 is 0 Å². The molecule has 0 N–H and O–H groups in total. The summed E-state index contributed by atoms with van der Waals surface area (Å²) in [6.45, 7) is 2.70. The van der Waals surface area contributed by atoms with Gasteiger partial charge in [0.2, 0.25) is 0 Å². The predicted octanol–water partition coefficient (Wildman–Crippen LogP) is 2.77. The van der Waals surface area contributed by atoms with Crippen LogP contribution in [0, 0.1) is 0 Å². The number of carbonyl (C=O) groups excluding carboxylic acids is 2. The highest BCUT2D eigenvalue weighted by Gasteiger charge is 2.33. The quantitative estimate of drug-likeness (QED) is 0.837. The molecule has 0 unspecified atom stereocenters. The number of carbonyl (C=O) groups is 2. The summed E-state index contributed by atoms with van der Waals surface area (Å²) in [5.41, 5.74) is 0.952. The number of hydrogen-bond donors (Lipinski definition) is 0. The topological polar surface area (TPSA) is 46.6 Å². The van der Waals surface area contributed by atoms with Crippen molar-refractivity contribution in [1.82, 2.24) is 4.90 Å². The largest absolute Gasteiger partial charge is 0.445 e. The lowest BCUT2D eigenvalue weighted by atomic mass is 10.1. The summed E-state index contributed by atoms with van der Waals surface area (Å²) < 4.78 is 5.27. The van der Waals surface area contributed by atoms with Crippen LogP contribution < -0.4 is 0 Å². The van der Waals surface area contributed by atoms with Gasteiger partial charge in [-0.15, -0.1) is 0 Å². The van der Waals surface area contributed by atoms with Gasteiger partial charge in [-0.3, -0.25) is 9.69 Å². The molecule has 1 fully saturated rings. The molecule has 1 atom stereocenters. The standard InChI is InChI=1S/C15H19NO3/c1-2-14(17)13-9-6-10-16(13)15(18)19-11-12-7-4-3-5-8-12/h3-5,7-8,13H,2,6,9-11H2,1H3/t13-/m0/s1. The van der Waals surface area contributed by atoms with Gasteiger partial charge >= 0.3 is 6.09 Å². The molecule has 4 nitrogen and oxygen atoms in total. The van der Waals surface area contributed by atoms with Crippen LogP contribution in [0.15, 0.2) is 30.3 Å². The Balaban J connectivity index is 1.90. The summed E-state index contributed by atoms with van der Waals surface area (Å²) in [6.07, 6.45) is 1.71. The SMILES string of the molecule is CCC(=O)[C@@H]1CCCN1C(=O)OCc1ccccc1. The summed E-state index contributed by atoms with van der Waals surface area (Å²) in [5, 5.41) is 0. The van der Waals surface area contributed by atoms with Crippen molar-refractivity contribution in [3.63, 3.8) is 0 Å². The molecule has 0 bridgehead atoms. The molecule has 19 heavy (non-hydrogen) atoms. The molecule has 0 radical (unpaired) electrons. The van der Waals surface area contributed by atoms with Crippen molar-refractivity contribution in [2.45, 2.75) is 38.8 Å². The number of ether oxygens (including phenoxy) is 1. The first-order valence-electron chi connectivity index (χ1n) is 6.72. The van der Waals surface area contributed by atoms with Crippen LogP contribution in [0.1, 0.15) is 31.7 Å². The van der Waals surface area contributed by atoms with Gasteiger partial charge in [-0.05, 0) is 18.4 Å². The van der Waals surface area contributed by atoms with Gasteiger partial charge < -0.3 is 4.74 Å². The molecule has 4 heteroatoms. The molecule has 102 valence electrons. The van der Waals surface area contributed by atoms with Crippen molar-refractivity contribution < 1.29 is 14.3 Å². The number of benzene rings is 1. The van der Waals surface area contributed by atoms with Gasteiger partial charge in [-0.1, -0.05) is 37.3 Å². The van der Waals surface area contributed by atoms with E-state index in [1.165, 1.54) is 0 Å². The molecule has 1 amide bonds. The van der Waals surface area contributed by atoms with Crippen LogP contribution in [0.4, 0.5) is 4.79 Å². The van der Waals surface area contributed by atoms with Crippen LogP contribution >= 0.6 is 0 Å². The zero-order valence-electron chi connectivity index (χ0n) is 11.2. The lowest BCUT2D eigenvalue weighted by molar-refractivity contribution is -0.122. The fourth-order valence-electron chi connectivity index (χ4n) is 2.36. The van der Waals surface area contributed by atoms with E-state index in [0.29, 0.717) is 13.0 Å². The third kappa shape index (κ3) is 3.34. The Kier molecular flexibility index (Phi) is 4.55. The second-order valence-corrected chi connectivity index (χ2v) is 4.71. The summed E-state index contributed by atoms with van der Waals surface area (Å²) >= 11 is 0. The van der Waals surface area contributed by atoms with Crippen molar-refractivity contribution >= 4 is 11.9 Å². The van der Waals surface area contributed by atoms with Crippen molar-refractivity contribution in [3.05, 3.63) is 35.9 Å². The fourth-order valence-corrected chi connectivity index (χ4v) is 2.36. The summed E-state index contributed by atoms with van der Waals surface area (Å²) in [6, 6.07) is 9.26. The highest BCUT2D eigenvalue weighted by molar-refractivity contribution is 5.87. The lowest BCUT2D eigenvalue weighted by Crippen LogP contribution is -2.40. The fraction of sp³-hybridized carbons (Fsp3) is 0.467. The predicted molar refractivity (Wildman–Crippen MR) is 71.7 cm³/mol. The normalized spacial score (nSPS) is 18.4. The maximum atomic E-state index is 12.0. The molecule has 0 saturated carbocycles. The average Bonchev–Trinajstić information content (AvgIpc) is 2.94. The molecule has 1 aliphatic rings. The van der Waals surface area contributed by atoms with Gasteiger partial charge in [0.05, 0.1) is 6.04 Å². The molecular weight excluding hydrogens is 242 g/mol. The molecule has 0 spiro atoms. The van der Waals surface area contributed by atoms with Crippen LogP contribution in [0.25, 0.3) is 0 Å². The number of nitrogens with zero attached hydrogens (tertiary/aromatic N) is 1. The molecule has 1 aliphatic heterocycles. The number of rotatable bonds is 4. The monoisotopic (exact) mass is 261 g/mol. The Morgan fingerprint density at radius 3 is 2.74 bits per heavy atom. The second kappa shape index (κ2) is 6.36. The Morgan fingerprint density at radius 2 is 2.05 bits per heavy atom. The highest BCUT2D eigenvalue weighted by atomic mass is 16.6. The van der Waals surface area contributed by atoms with E-state index in [9.17, 15) is 9.59 Å². The summed E-state index contributed by atoms with van der Waals surface area (Å²) in [7, 11) is 0. The van der Waals surface area contributed by atoms with Gasteiger partial charge in [-0.2, -0.15) is 0 Å². The molecule has 0 aromatic heterocycles. The van der Waals surface area contributed by atoms with Crippen LogP contribution in [0.2, 0.25) is 0 Å². The van der Waals surface area contributed by atoms with Gasteiger partial charge in [-0.25, -0.2) is 4.79 Å². The summed E-state index contributed by atoms with van der Waals surface area (Å²) in [4.78, 5) is 25.3. The Hall–Kier alpha value is -1.84. The van der Waals surface area contributed by atoms with Crippen LogP contribution in [-0.2, 0) is 16.1 Å². The number of Topliss-reactive ketones (excluding diaryl/α,β-unsaturated/α-hetero) is 1. The molecule has 1 saturated heterocycles. The number of hydrogen-bond acceptors (Lipinski definition) is 3. The first-order valence-corrected chi connectivity index (χ1v) is 6.72. The first kappa shape index (κ1) is 13.6. The lowest BCUT2D eigenvalue weighted by Gasteiger charge is -2.22. The van der Waals surface area contributed by atoms with Crippen LogP contribution in [0.5, 0.6) is 0 Å². The van der Waals surface area contributed by atoms with E-state index in [4.69, 9.17) is 4.74 Å². The number of ketones is 1. The van der Waals surface area contributed by atoms with E-state index in [2.05, 4.69) is 0 Å². The van der Waals surface area contributed by atoms with Crippen molar-refractivity contribution in [2.24, 2.45) is 0 Å². The van der Waals surface area contributed by atoms with Crippen molar-refractivity contribution in [1.29, 1.82) is 0 Å². The van der Waals surface area contributed by atoms with E-state index in [1.807, 2.05) is 37.3 Å². The Labute approximate surface area is 113 Å². The number of likely N-dealkylation sites (tertiary alicyclic amines) is 1. The molecule has 0 aliphatic carbocycles. The maximum absolute atomic E-state index is 12.0.